The molecule has 0 aromatic heterocycles. The van der Waals surface area contributed by atoms with Gasteiger partial charge < -0.3 is 0 Å². The molecule has 7 nitrogen and oxygen atoms in total. The summed E-state index contributed by atoms with van der Waals surface area (Å²) in [5.74, 6) is -1.07. The lowest BCUT2D eigenvalue weighted by Gasteiger charge is -2.18. The molecule has 0 fully saturated rings. The molecule has 0 saturated carbocycles. The van der Waals surface area contributed by atoms with Crippen molar-refractivity contribution in [2.75, 3.05) is 7.05 Å². The quantitative estimate of drug-likeness (QED) is 0.438. The topological polar surface area (TPSA) is 95.6 Å². The van der Waals surface area contributed by atoms with E-state index in [0.29, 0.717) is 12.0 Å². The van der Waals surface area contributed by atoms with E-state index in [4.69, 9.17) is 0 Å². The minimum absolute atomic E-state index is 0.157. The first-order valence-electron chi connectivity index (χ1n) is 11.5. The zero-order valence-corrected chi connectivity index (χ0v) is 21.0. The SMILES string of the molecule is CCCC(C(=O)NNC(=O)c1ccc(CN(C)S(=O)(=O)c2ccc(C)cc2)cc1)c1ccccc1. The Hall–Kier alpha value is -3.49. The van der Waals surface area contributed by atoms with Gasteiger partial charge in [-0.3, -0.25) is 20.4 Å². The minimum atomic E-state index is -3.63. The van der Waals surface area contributed by atoms with Gasteiger partial charge in [-0.2, -0.15) is 4.31 Å². The van der Waals surface area contributed by atoms with Crippen LogP contribution in [-0.2, 0) is 21.4 Å². The fraction of sp³-hybridized carbons (Fsp3) is 0.259. The molecule has 2 amide bonds. The van der Waals surface area contributed by atoms with Gasteiger partial charge in [0.25, 0.3) is 5.91 Å². The number of hydrazine groups is 1. The number of rotatable bonds is 9. The van der Waals surface area contributed by atoms with Gasteiger partial charge in [0.05, 0.1) is 10.8 Å². The zero-order valence-electron chi connectivity index (χ0n) is 20.2. The van der Waals surface area contributed by atoms with Crippen molar-refractivity contribution in [1.82, 2.24) is 15.2 Å². The molecule has 3 aromatic carbocycles. The second kappa shape index (κ2) is 11.8. The smallest absolute Gasteiger partial charge is 0.269 e. The van der Waals surface area contributed by atoms with Crippen LogP contribution in [0.25, 0.3) is 0 Å². The van der Waals surface area contributed by atoms with Gasteiger partial charge in [0.1, 0.15) is 0 Å². The highest BCUT2D eigenvalue weighted by Crippen LogP contribution is 2.21. The molecule has 0 aliphatic rings. The first-order chi connectivity index (χ1) is 16.7. The molecule has 0 bridgehead atoms. The van der Waals surface area contributed by atoms with E-state index in [-0.39, 0.29) is 23.3 Å². The Balaban J connectivity index is 1.59. The number of benzene rings is 3. The van der Waals surface area contributed by atoms with E-state index >= 15 is 0 Å². The summed E-state index contributed by atoms with van der Waals surface area (Å²) in [5.41, 5.74) is 7.97. The van der Waals surface area contributed by atoms with Gasteiger partial charge in [0, 0.05) is 19.2 Å². The van der Waals surface area contributed by atoms with Crippen LogP contribution in [0.1, 0.15) is 52.7 Å². The van der Waals surface area contributed by atoms with E-state index in [9.17, 15) is 18.0 Å². The summed E-state index contributed by atoms with van der Waals surface area (Å²) >= 11 is 0. The first-order valence-corrected chi connectivity index (χ1v) is 12.9. The Morgan fingerprint density at radius 3 is 2.11 bits per heavy atom. The van der Waals surface area contributed by atoms with Crippen LogP contribution in [0.2, 0.25) is 0 Å². The maximum Gasteiger partial charge on any atom is 0.269 e. The van der Waals surface area contributed by atoms with E-state index in [1.165, 1.54) is 11.4 Å². The van der Waals surface area contributed by atoms with Crippen LogP contribution in [0.15, 0.2) is 83.8 Å². The predicted octanol–water partition coefficient (Wildman–Crippen LogP) is 4.16. The average molecular weight is 494 g/mol. The van der Waals surface area contributed by atoms with Crippen molar-refractivity contribution in [2.45, 2.75) is 44.0 Å². The van der Waals surface area contributed by atoms with E-state index in [2.05, 4.69) is 10.9 Å². The molecule has 8 heteroatoms. The summed E-state index contributed by atoms with van der Waals surface area (Å²) in [6, 6.07) is 22.8. The standard InChI is InChI=1S/C27H31N3O4S/c1-4-8-25(22-9-6-5-7-10-22)27(32)29-28-26(31)23-15-13-21(14-16-23)19-30(3)35(33,34)24-17-11-20(2)12-18-24/h5-7,9-18,25H,4,8,19H2,1-3H3,(H,28,31)(H,29,32). The fourth-order valence-corrected chi connectivity index (χ4v) is 4.85. The number of carbonyl (C=O) groups is 2. The lowest BCUT2D eigenvalue weighted by Crippen LogP contribution is -2.44. The highest BCUT2D eigenvalue weighted by Gasteiger charge is 2.22. The molecule has 0 aliphatic carbocycles. The number of sulfonamides is 1. The number of nitrogens with one attached hydrogen (secondary N) is 2. The van der Waals surface area contributed by atoms with Crippen molar-refractivity contribution < 1.29 is 18.0 Å². The van der Waals surface area contributed by atoms with Gasteiger partial charge in [0.2, 0.25) is 15.9 Å². The summed E-state index contributed by atoms with van der Waals surface area (Å²) in [5, 5.41) is 0. The molecule has 3 aromatic rings. The molecule has 1 atom stereocenters. The van der Waals surface area contributed by atoms with Crippen LogP contribution in [0.5, 0.6) is 0 Å². The molecule has 0 heterocycles. The summed E-state index contributed by atoms with van der Waals surface area (Å²) in [7, 11) is -2.11. The van der Waals surface area contributed by atoms with E-state index in [1.54, 1.807) is 48.5 Å². The lowest BCUT2D eigenvalue weighted by atomic mass is 9.94. The summed E-state index contributed by atoms with van der Waals surface area (Å²) in [4.78, 5) is 25.5. The predicted molar refractivity (Wildman–Crippen MR) is 136 cm³/mol. The third-order valence-corrected chi connectivity index (χ3v) is 7.56. The van der Waals surface area contributed by atoms with Crippen molar-refractivity contribution in [3.63, 3.8) is 0 Å². The maximum atomic E-state index is 12.8. The van der Waals surface area contributed by atoms with E-state index in [0.717, 1.165) is 23.1 Å². The highest BCUT2D eigenvalue weighted by molar-refractivity contribution is 7.89. The van der Waals surface area contributed by atoms with E-state index in [1.807, 2.05) is 44.2 Å². The van der Waals surface area contributed by atoms with Gasteiger partial charge in [0.15, 0.2) is 0 Å². The highest BCUT2D eigenvalue weighted by atomic mass is 32.2. The van der Waals surface area contributed by atoms with Gasteiger partial charge in [-0.15, -0.1) is 0 Å². The summed E-state index contributed by atoms with van der Waals surface area (Å²) in [6.45, 7) is 4.06. The molecule has 0 saturated heterocycles. The number of aryl methyl sites for hydroxylation is 1. The number of nitrogens with zero attached hydrogens (tertiary/aromatic N) is 1. The second-order valence-corrected chi connectivity index (χ2v) is 10.5. The Kier molecular flexibility index (Phi) is 8.78. The molecule has 1 unspecified atom stereocenters. The van der Waals surface area contributed by atoms with Crippen LogP contribution in [0, 0.1) is 6.92 Å². The van der Waals surface area contributed by atoms with Crippen LogP contribution in [-0.4, -0.2) is 31.6 Å². The molecule has 0 spiro atoms. The van der Waals surface area contributed by atoms with E-state index < -0.39 is 15.9 Å². The molecular weight excluding hydrogens is 462 g/mol. The Morgan fingerprint density at radius 2 is 1.51 bits per heavy atom. The molecule has 184 valence electrons. The van der Waals surface area contributed by atoms with Crippen molar-refractivity contribution in [2.24, 2.45) is 0 Å². The monoisotopic (exact) mass is 493 g/mol. The molecule has 0 aliphatic heterocycles. The number of hydrogen-bond acceptors (Lipinski definition) is 4. The van der Waals surface area contributed by atoms with Crippen molar-refractivity contribution in [3.8, 4) is 0 Å². The molecule has 0 radical (unpaired) electrons. The molecule has 2 N–H and O–H groups in total. The zero-order chi connectivity index (χ0) is 25.4. The van der Waals surface area contributed by atoms with Gasteiger partial charge in [-0.1, -0.05) is 73.5 Å². The Bertz CT molecular complexity index is 1240. The van der Waals surface area contributed by atoms with Crippen molar-refractivity contribution in [1.29, 1.82) is 0 Å². The summed E-state index contributed by atoms with van der Waals surface area (Å²) in [6.07, 6.45) is 1.50. The van der Waals surface area contributed by atoms with Crippen LogP contribution >= 0.6 is 0 Å². The Morgan fingerprint density at radius 1 is 0.886 bits per heavy atom. The van der Waals surface area contributed by atoms with Gasteiger partial charge in [-0.05, 0) is 48.7 Å². The Labute approximate surface area is 207 Å². The van der Waals surface area contributed by atoms with Crippen LogP contribution in [0.3, 0.4) is 0 Å². The third-order valence-electron chi connectivity index (χ3n) is 5.75. The fourth-order valence-electron chi connectivity index (χ4n) is 3.69. The van der Waals surface area contributed by atoms with Crippen molar-refractivity contribution >= 4 is 21.8 Å². The number of hydrogen-bond donors (Lipinski definition) is 2. The second-order valence-electron chi connectivity index (χ2n) is 8.47. The molecule has 35 heavy (non-hydrogen) atoms. The van der Waals surface area contributed by atoms with Gasteiger partial charge >= 0.3 is 0 Å². The number of amides is 2. The summed E-state index contributed by atoms with van der Waals surface area (Å²) < 4.78 is 26.9. The lowest BCUT2D eigenvalue weighted by molar-refractivity contribution is -0.123. The largest absolute Gasteiger partial charge is 0.273 e. The molecule has 3 rings (SSSR count). The third kappa shape index (κ3) is 6.77. The number of carbonyl (C=O) groups excluding carboxylic acids is 2. The van der Waals surface area contributed by atoms with Gasteiger partial charge in [-0.25, -0.2) is 8.42 Å². The first kappa shape index (κ1) is 26.1. The average Bonchev–Trinajstić information content (AvgIpc) is 2.86. The van der Waals surface area contributed by atoms with Crippen molar-refractivity contribution in [3.05, 3.63) is 101 Å². The minimum Gasteiger partial charge on any atom is -0.273 e. The van der Waals surface area contributed by atoms with Crippen LogP contribution < -0.4 is 10.9 Å². The van der Waals surface area contributed by atoms with Crippen LogP contribution in [0.4, 0.5) is 0 Å². The normalized spacial score (nSPS) is 12.2. The maximum absolute atomic E-state index is 12.8. The molecular formula is C27H31N3O4S.